The number of methoxy groups -OCH3 is 2. The van der Waals surface area contributed by atoms with Crippen LogP contribution in [0.2, 0.25) is 10.0 Å². The van der Waals surface area contributed by atoms with Crippen LogP contribution in [0.1, 0.15) is 29.9 Å². The lowest BCUT2D eigenvalue weighted by molar-refractivity contribution is -0.138. The molecule has 2 aliphatic carbocycles. The number of benzene rings is 5. The minimum atomic E-state index is -1.60. The number of phenols is 1. The molecule has 4 amide bonds. The average molecular weight is 886 g/mol. The van der Waals surface area contributed by atoms with Crippen molar-refractivity contribution in [3.8, 4) is 17.2 Å². The first-order valence-electron chi connectivity index (χ1n) is 20.3. The van der Waals surface area contributed by atoms with Crippen LogP contribution in [-0.2, 0) is 24.6 Å². The number of carbonyl (C=O) groups is 4. The van der Waals surface area contributed by atoms with Crippen molar-refractivity contribution in [3.05, 3.63) is 142 Å². The summed E-state index contributed by atoms with van der Waals surface area (Å²) in [4.78, 5) is 63.0. The maximum atomic E-state index is 15.5. The highest BCUT2D eigenvalue weighted by atomic mass is 35.5. The molecule has 0 radical (unpaired) electrons. The van der Waals surface area contributed by atoms with Gasteiger partial charge in [-0.25, -0.2) is 0 Å². The fourth-order valence-corrected chi connectivity index (χ4v) is 10.4. The van der Waals surface area contributed by atoms with E-state index in [-0.39, 0.29) is 41.0 Å². The number of anilines is 3. The number of nitrogens with one attached hydrogen (secondary N) is 1. The highest BCUT2D eigenvalue weighted by molar-refractivity contribution is 6.36. The van der Waals surface area contributed by atoms with Crippen molar-refractivity contribution in [3.63, 3.8) is 0 Å². The molecule has 5 aromatic carbocycles. The van der Waals surface area contributed by atoms with Gasteiger partial charge in [0.15, 0.2) is 11.5 Å². The van der Waals surface area contributed by atoms with Gasteiger partial charge in [0.05, 0.1) is 65.2 Å². The molecule has 6 atom stereocenters. The summed E-state index contributed by atoms with van der Waals surface area (Å²) in [6.45, 7) is 0. The number of rotatable bonds is 10. The highest BCUT2D eigenvalue weighted by Crippen LogP contribution is 2.64. The number of nitrogens with zero attached hydrogens (tertiary/aromatic N) is 5. The zero-order valence-corrected chi connectivity index (χ0v) is 36.2. The molecule has 2 heterocycles. The van der Waals surface area contributed by atoms with Gasteiger partial charge in [-0.3, -0.25) is 29.5 Å². The summed E-state index contributed by atoms with van der Waals surface area (Å²) in [7, 11) is 6.89. The Morgan fingerprint density at radius 1 is 0.778 bits per heavy atom. The average Bonchev–Trinajstić information content (AvgIpc) is 3.67. The second-order valence-corrected chi connectivity index (χ2v) is 17.1. The van der Waals surface area contributed by atoms with Crippen LogP contribution >= 0.6 is 23.2 Å². The lowest BCUT2D eigenvalue weighted by Crippen LogP contribution is -2.53. The summed E-state index contributed by atoms with van der Waals surface area (Å²) in [5, 5.41) is 21.5. The smallest absolute Gasteiger partial charge is 0.260 e. The van der Waals surface area contributed by atoms with E-state index in [1.165, 1.54) is 31.3 Å². The number of fused-ring (bicyclic) bond motifs is 4. The molecular formula is C48H42Cl2N6O7. The number of hydrazine groups is 1. The second kappa shape index (κ2) is 16.2. The molecule has 63 heavy (non-hydrogen) atoms. The molecule has 3 fully saturated rings. The highest BCUT2D eigenvalue weighted by Gasteiger charge is 2.70. The first kappa shape index (κ1) is 41.6. The van der Waals surface area contributed by atoms with Gasteiger partial charge in [0.1, 0.15) is 5.75 Å². The van der Waals surface area contributed by atoms with Crippen LogP contribution in [0.4, 0.5) is 28.4 Å². The molecule has 2 saturated heterocycles. The number of ether oxygens (including phenoxy) is 2. The van der Waals surface area contributed by atoms with Crippen LogP contribution in [0.15, 0.2) is 131 Å². The summed E-state index contributed by atoms with van der Waals surface area (Å²) in [5.41, 5.74) is 6.06. The number of azo groups is 1. The number of halogens is 2. The number of imide groups is 2. The monoisotopic (exact) mass is 884 g/mol. The molecule has 4 aliphatic rings. The fourth-order valence-electron chi connectivity index (χ4n) is 9.96. The van der Waals surface area contributed by atoms with Crippen molar-refractivity contribution in [2.45, 2.75) is 24.2 Å². The van der Waals surface area contributed by atoms with Crippen LogP contribution in [0.25, 0.3) is 0 Å². The van der Waals surface area contributed by atoms with Gasteiger partial charge in [0, 0.05) is 30.7 Å². The Hall–Kier alpha value is -6.70. The molecule has 5 aromatic rings. The van der Waals surface area contributed by atoms with Gasteiger partial charge in [-0.15, -0.1) is 0 Å². The maximum absolute atomic E-state index is 15.5. The second-order valence-electron chi connectivity index (χ2n) is 16.3. The van der Waals surface area contributed by atoms with Gasteiger partial charge >= 0.3 is 0 Å². The standard InChI is InChI=1S/C48H42Cl2N6O7/c1-54(2)31-13-9-29(10-14-31)51-52-30-11-15-32(16-12-30)55-44(58)35-20-19-34-36(42(35)46(55)60)25-37-45(59)56(53-39-21-8-28(49)24-38(39)50)47(61)48(37,27-6-17-33(62-3)18-7-27)43(34)26-5-22-41(63-4)40(57)23-26/h5-19,21-24,35-37,42-43,53,57H,20,25H2,1-4H3/t35-,36+,37-,42-,43-,48+/m0/s1. The topological polar surface area (TPSA) is 153 Å². The van der Waals surface area contributed by atoms with E-state index in [2.05, 4.69) is 15.7 Å². The van der Waals surface area contributed by atoms with Crippen LogP contribution in [0, 0.1) is 23.7 Å². The largest absolute Gasteiger partial charge is 0.504 e. The number of hydrogen-bond acceptors (Lipinski definition) is 11. The Morgan fingerprint density at radius 2 is 1.46 bits per heavy atom. The Balaban J connectivity index is 1.12. The summed E-state index contributed by atoms with van der Waals surface area (Å²) >= 11 is 12.8. The number of allylic oxidation sites excluding steroid dienone is 2. The normalized spacial score (nSPS) is 24.0. The van der Waals surface area contributed by atoms with Crippen molar-refractivity contribution >= 4 is 75.3 Å². The van der Waals surface area contributed by atoms with Gasteiger partial charge in [0.2, 0.25) is 11.8 Å². The molecule has 1 saturated carbocycles. The van der Waals surface area contributed by atoms with E-state index in [9.17, 15) is 14.7 Å². The van der Waals surface area contributed by atoms with E-state index < -0.39 is 52.7 Å². The lowest BCUT2D eigenvalue weighted by atomic mass is 9.49. The fraction of sp³-hybridized carbons (Fsp3) is 0.250. The molecule has 13 nitrogen and oxygen atoms in total. The quantitative estimate of drug-likeness (QED) is 0.0794. The van der Waals surface area contributed by atoms with Gasteiger partial charge in [-0.05, 0) is 121 Å². The maximum Gasteiger partial charge on any atom is 0.260 e. The van der Waals surface area contributed by atoms with Gasteiger partial charge in [0.25, 0.3) is 11.8 Å². The molecule has 15 heteroatoms. The van der Waals surface area contributed by atoms with Gasteiger partial charge in [-0.2, -0.15) is 15.2 Å². The Bertz CT molecular complexity index is 2730. The molecule has 0 spiro atoms. The molecular weight excluding hydrogens is 843 g/mol. The zero-order valence-electron chi connectivity index (χ0n) is 34.7. The number of aromatic hydroxyl groups is 1. The van der Waals surface area contributed by atoms with E-state index in [1.807, 2.05) is 49.3 Å². The van der Waals surface area contributed by atoms with Crippen molar-refractivity contribution < 1.29 is 33.8 Å². The third-order valence-corrected chi connectivity index (χ3v) is 13.4. The molecule has 0 aromatic heterocycles. The zero-order chi connectivity index (χ0) is 44.3. The minimum absolute atomic E-state index is 0.0659. The number of hydrogen-bond donors (Lipinski definition) is 2. The Kier molecular flexibility index (Phi) is 10.7. The van der Waals surface area contributed by atoms with Crippen molar-refractivity contribution in [1.82, 2.24) is 5.01 Å². The molecule has 0 unspecified atom stereocenters. The first-order valence-corrected chi connectivity index (χ1v) is 21.1. The SMILES string of the molecule is COc1ccc([C@@]23C(=O)N(Nc4ccc(Cl)cc4Cl)C(=O)[C@@H]2C[C@@H]2C(=CC[C@@H]4C(=O)N(c5ccc(N=Nc6ccc(N(C)C)cc6)cc5)C(=O)[C@@H]42)[C@@H]3c2ccc(OC)c(O)c2)cc1. The molecule has 2 N–H and O–H groups in total. The predicted octanol–water partition coefficient (Wildman–Crippen LogP) is 9.39. The summed E-state index contributed by atoms with van der Waals surface area (Å²) in [6, 6.07) is 31.0. The lowest BCUT2D eigenvalue weighted by Gasteiger charge is -2.50. The van der Waals surface area contributed by atoms with Crippen LogP contribution in [0.3, 0.4) is 0 Å². The predicted molar refractivity (Wildman–Crippen MR) is 239 cm³/mol. The molecule has 0 bridgehead atoms. The Labute approximate surface area is 373 Å². The van der Waals surface area contributed by atoms with E-state index in [0.29, 0.717) is 39.0 Å². The van der Waals surface area contributed by atoms with Crippen LogP contribution in [0.5, 0.6) is 17.2 Å². The molecule has 9 rings (SSSR count). The van der Waals surface area contributed by atoms with Gasteiger partial charge in [-0.1, -0.05) is 53.1 Å². The van der Waals surface area contributed by atoms with Crippen LogP contribution in [-0.4, -0.2) is 62.1 Å². The van der Waals surface area contributed by atoms with Gasteiger partial charge < -0.3 is 19.5 Å². The number of carbonyl (C=O) groups excluding carboxylic acids is 4. The van der Waals surface area contributed by atoms with E-state index in [0.717, 1.165) is 16.3 Å². The molecule has 2 aliphatic heterocycles. The number of phenolic OH excluding ortho intramolecular Hbond substituents is 1. The Morgan fingerprint density at radius 3 is 2.08 bits per heavy atom. The van der Waals surface area contributed by atoms with E-state index in [1.54, 1.807) is 72.8 Å². The van der Waals surface area contributed by atoms with Crippen LogP contribution < -0.4 is 24.7 Å². The summed E-state index contributed by atoms with van der Waals surface area (Å²) in [6.07, 6.45) is 2.23. The van der Waals surface area contributed by atoms with E-state index >= 15 is 9.59 Å². The first-order chi connectivity index (χ1) is 30.3. The van der Waals surface area contributed by atoms with E-state index in [4.69, 9.17) is 32.7 Å². The number of amides is 4. The third kappa shape index (κ3) is 6.86. The molecule has 320 valence electrons. The van der Waals surface area contributed by atoms with Crippen molar-refractivity contribution in [2.75, 3.05) is 43.5 Å². The summed E-state index contributed by atoms with van der Waals surface area (Å²) < 4.78 is 10.9. The minimum Gasteiger partial charge on any atom is -0.504 e. The van der Waals surface area contributed by atoms with Crippen molar-refractivity contribution in [2.24, 2.45) is 33.9 Å². The third-order valence-electron chi connectivity index (χ3n) is 12.9. The summed E-state index contributed by atoms with van der Waals surface area (Å²) in [5.74, 6) is -5.42. The van der Waals surface area contributed by atoms with Crippen molar-refractivity contribution in [1.29, 1.82) is 0 Å².